The Balaban J connectivity index is 1.36. The average Bonchev–Trinajstić information content (AvgIpc) is 2.73. The predicted octanol–water partition coefficient (Wildman–Crippen LogP) is 7.23. The summed E-state index contributed by atoms with van der Waals surface area (Å²) in [5.41, 5.74) is 7.67. The Morgan fingerprint density at radius 3 is 1.00 bits per heavy atom. The summed E-state index contributed by atoms with van der Waals surface area (Å²) in [5, 5.41) is 10.2. The maximum atomic E-state index is 3.44. The van der Waals surface area contributed by atoms with E-state index < -0.39 is 0 Å². The van der Waals surface area contributed by atoms with Gasteiger partial charge in [-0.3, -0.25) is 0 Å². The van der Waals surface area contributed by atoms with Crippen molar-refractivity contribution in [3.8, 4) is 0 Å². The van der Waals surface area contributed by atoms with Gasteiger partial charge in [0.25, 0.3) is 0 Å². The standard InChI is InChI=1S/C25H23N3/c1-19-7-9-21(10-8-19)27-23-15-17-25(18-16-23)28-24-13-11-22(12-14-24)26-20-5-3-2-4-6-20/h2-18,26-28H,1H3. The van der Waals surface area contributed by atoms with Gasteiger partial charge in [0, 0.05) is 34.1 Å². The summed E-state index contributed by atoms with van der Waals surface area (Å²) < 4.78 is 0. The zero-order chi connectivity index (χ0) is 19.2. The molecule has 4 aromatic carbocycles. The van der Waals surface area contributed by atoms with E-state index in [0.717, 1.165) is 34.1 Å². The highest BCUT2D eigenvalue weighted by Gasteiger charge is 1.99. The highest BCUT2D eigenvalue weighted by atomic mass is 14.9. The van der Waals surface area contributed by atoms with Crippen LogP contribution in [0.1, 0.15) is 5.56 Å². The van der Waals surface area contributed by atoms with E-state index in [1.807, 2.05) is 18.2 Å². The minimum absolute atomic E-state index is 1.05. The minimum atomic E-state index is 1.05. The van der Waals surface area contributed by atoms with E-state index in [1.54, 1.807) is 0 Å². The molecule has 0 aliphatic rings. The summed E-state index contributed by atoms with van der Waals surface area (Å²) in [5.74, 6) is 0. The van der Waals surface area contributed by atoms with Crippen LogP contribution < -0.4 is 16.0 Å². The Morgan fingerprint density at radius 1 is 0.357 bits per heavy atom. The molecule has 0 aliphatic carbocycles. The van der Waals surface area contributed by atoms with Crippen LogP contribution >= 0.6 is 0 Å². The highest BCUT2D eigenvalue weighted by molar-refractivity contribution is 5.68. The topological polar surface area (TPSA) is 36.1 Å². The van der Waals surface area contributed by atoms with Crippen LogP contribution in [0.25, 0.3) is 0 Å². The molecule has 3 nitrogen and oxygen atoms in total. The summed E-state index contributed by atoms with van der Waals surface area (Å²) in [6.45, 7) is 2.09. The summed E-state index contributed by atoms with van der Waals surface area (Å²) in [4.78, 5) is 0. The minimum Gasteiger partial charge on any atom is -0.356 e. The molecule has 4 rings (SSSR count). The lowest BCUT2D eigenvalue weighted by Gasteiger charge is -2.11. The second kappa shape index (κ2) is 8.31. The Bertz CT molecular complexity index is 1010. The number of hydrogen-bond acceptors (Lipinski definition) is 3. The summed E-state index contributed by atoms with van der Waals surface area (Å²) >= 11 is 0. The van der Waals surface area contributed by atoms with Gasteiger partial charge in [-0.25, -0.2) is 0 Å². The van der Waals surface area contributed by atoms with Crippen molar-refractivity contribution in [1.82, 2.24) is 0 Å². The quantitative estimate of drug-likeness (QED) is 0.337. The van der Waals surface area contributed by atoms with Gasteiger partial charge in [-0.1, -0.05) is 35.9 Å². The Kier molecular flexibility index (Phi) is 5.25. The lowest BCUT2D eigenvalue weighted by molar-refractivity contribution is 1.45. The molecule has 0 aliphatic heterocycles. The zero-order valence-corrected chi connectivity index (χ0v) is 15.8. The molecular weight excluding hydrogens is 342 g/mol. The first-order valence-corrected chi connectivity index (χ1v) is 9.37. The van der Waals surface area contributed by atoms with E-state index in [0.29, 0.717) is 0 Å². The molecule has 0 atom stereocenters. The lowest BCUT2D eigenvalue weighted by Crippen LogP contribution is -1.94. The molecule has 3 N–H and O–H groups in total. The smallest absolute Gasteiger partial charge is 0.0385 e. The summed E-state index contributed by atoms with van der Waals surface area (Å²) in [6.07, 6.45) is 0. The van der Waals surface area contributed by atoms with E-state index in [9.17, 15) is 0 Å². The van der Waals surface area contributed by atoms with Crippen LogP contribution in [-0.4, -0.2) is 0 Å². The van der Waals surface area contributed by atoms with Crippen LogP contribution in [-0.2, 0) is 0 Å². The van der Waals surface area contributed by atoms with Gasteiger partial charge in [0.1, 0.15) is 0 Å². The van der Waals surface area contributed by atoms with Gasteiger partial charge in [-0.15, -0.1) is 0 Å². The number of hydrogen-bond donors (Lipinski definition) is 3. The van der Waals surface area contributed by atoms with Crippen molar-refractivity contribution in [3.05, 3.63) is 109 Å². The van der Waals surface area contributed by atoms with Crippen LogP contribution in [0.4, 0.5) is 34.1 Å². The van der Waals surface area contributed by atoms with Crippen molar-refractivity contribution in [3.63, 3.8) is 0 Å². The first kappa shape index (κ1) is 17.7. The fourth-order valence-electron chi connectivity index (χ4n) is 2.93. The molecular formula is C25H23N3. The Hall–Kier alpha value is -3.72. The molecule has 3 heteroatoms. The molecule has 0 radical (unpaired) electrons. The molecule has 28 heavy (non-hydrogen) atoms. The fraction of sp³-hybridized carbons (Fsp3) is 0.0400. The first-order valence-electron chi connectivity index (χ1n) is 9.37. The van der Waals surface area contributed by atoms with Crippen LogP contribution in [0.3, 0.4) is 0 Å². The maximum absolute atomic E-state index is 3.44. The third kappa shape index (κ3) is 4.71. The molecule has 4 aromatic rings. The molecule has 0 saturated carbocycles. The van der Waals surface area contributed by atoms with Crippen molar-refractivity contribution in [2.75, 3.05) is 16.0 Å². The normalized spacial score (nSPS) is 10.3. The van der Waals surface area contributed by atoms with Gasteiger partial charge in [-0.05, 0) is 79.7 Å². The number of rotatable bonds is 6. The largest absolute Gasteiger partial charge is 0.356 e. The van der Waals surface area contributed by atoms with Gasteiger partial charge in [0.15, 0.2) is 0 Å². The van der Waals surface area contributed by atoms with Crippen molar-refractivity contribution >= 4 is 34.1 Å². The van der Waals surface area contributed by atoms with Crippen molar-refractivity contribution in [2.45, 2.75) is 6.92 Å². The Morgan fingerprint density at radius 2 is 0.643 bits per heavy atom. The van der Waals surface area contributed by atoms with Gasteiger partial charge >= 0.3 is 0 Å². The molecule has 0 spiro atoms. The number of anilines is 6. The second-order valence-corrected chi connectivity index (χ2v) is 6.76. The monoisotopic (exact) mass is 365 g/mol. The Labute approximate surface area is 166 Å². The molecule has 0 fully saturated rings. The van der Waals surface area contributed by atoms with E-state index in [-0.39, 0.29) is 0 Å². The van der Waals surface area contributed by atoms with Crippen LogP contribution in [0.2, 0.25) is 0 Å². The highest BCUT2D eigenvalue weighted by Crippen LogP contribution is 2.24. The van der Waals surface area contributed by atoms with Gasteiger partial charge in [0.2, 0.25) is 0 Å². The molecule has 0 unspecified atom stereocenters. The number of benzene rings is 4. The van der Waals surface area contributed by atoms with E-state index in [2.05, 4.69) is 108 Å². The number of para-hydroxylation sites is 1. The van der Waals surface area contributed by atoms with E-state index >= 15 is 0 Å². The fourth-order valence-corrected chi connectivity index (χ4v) is 2.93. The van der Waals surface area contributed by atoms with Crippen LogP contribution in [0.5, 0.6) is 0 Å². The van der Waals surface area contributed by atoms with Crippen molar-refractivity contribution in [1.29, 1.82) is 0 Å². The second-order valence-electron chi connectivity index (χ2n) is 6.76. The third-order valence-electron chi connectivity index (χ3n) is 4.46. The summed E-state index contributed by atoms with van der Waals surface area (Å²) in [7, 11) is 0. The van der Waals surface area contributed by atoms with Gasteiger partial charge < -0.3 is 16.0 Å². The number of nitrogens with one attached hydrogen (secondary N) is 3. The average molecular weight is 365 g/mol. The van der Waals surface area contributed by atoms with Crippen molar-refractivity contribution < 1.29 is 0 Å². The van der Waals surface area contributed by atoms with E-state index in [4.69, 9.17) is 0 Å². The van der Waals surface area contributed by atoms with Crippen LogP contribution in [0, 0.1) is 6.92 Å². The third-order valence-corrected chi connectivity index (χ3v) is 4.46. The number of aryl methyl sites for hydroxylation is 1. The van der Waals surface area contributed by atoms with Gasteiger partial charge in [0.05, 0.1) is 0 Å². The maximum Gasteiger partial charge on any atom is 0.0385 e. The lowest BCUT2D eigenvalue weighted by atomic mass is 10.2. The van der Waals surface area contributed by atoms with Crippen molar-refractivity contribution in [2.24, 2.45) is 0 Å². The SMILES string of the molecule is Cc1ccc(Nc2ccc(Nc3ccc(Nc4ccccc4)cc3)cc2)cc1. The first-order chi connectivity index (χ1) is 13.7. The molecule has 0 amide bonds. The predicted molar refractivity (Wildman–Crippen MR) is 120 cm³/mol. The molecule has 0 saturated heterocycles. The van der Waals surface area contributed by atoms with E-state index in [1.165, 1.54) is 5.56 Å². The molecule has 0 heterocycles. The summed E-state index contributed by atoms with van der Waals surface area (Å²) in [6, 6.07) is 35.2. The molecule has 0 aromatic heterocycles. The molecule has 0 bridgehead atoms. The van der Waals surface area contributed by atoms with Crippen LogP contribution in [0.15, 0.2) is 103 Å². The molecule has 138 valence electrons. The van der Waals surface area contributed by atoms with Gasteiger partial charge in [-0.2, -0.15) is 0 Å². The zero-order valence-electron chi connectivity index (χ0n) is 15.8.